The Bertz CT molecular complexity index is 304. The monoisotopic (exact) mass is 198 g/mol. The van der Waals surface area contributed by atoms with E-state index in [2.05, 4.69) is 0 Å². The molecule has 0 aromatic heterocycles. The quantitative estimate of drug-likeness (QED) is 0.745. The van der Waals surface area contributed by atoms with Crippen LogP contribution in [0.4, 0.5) is 15.8 Å². The minimum absolute atomic E-state index is 0.302. The van der Waals surface area contributed by atoms with Crippen LogP contribution in [0.2, 0.25) is 0 Å². The van der Waals surface area contributed by atoms with Crippen molar-refractivity contribution in [1.29, 1.82) is 0 Å². The van der Waals surface area contributed by atoms with Gasteiger partial charge in [-0.1, -0.05) is 0 Å². The highest BCUT2D eigenvalue weighted by atomic mass is 19.1. The van der Waals surface area contributed by atoms with Crippen LogP contribution in [0.25, 0.3) is 0 Å². The van der Waals surface area contributed by atoms with Crippen molar-refractivity contribution in [1.82, 2.24) is 0 Å². The van der Waals surface area contributed by atoms with Gasteiger partial charge < -0.3 is 15.4 Å². The van der Waals surface area contributed by atoms with Gasteiger partial charge in [0.2, 0.25) is 0 Å². The molecule has 0 unspecified atom stereocenters. The second-order valence-corrected chi connectivity index (χ2v) is 3.13. The van der Waals surface area contributed by atoms with Crippen LogP contribution in [0.15, 0.2) is 18.2 Å². The average Bonchev–Trinajstić information content (AvgIpc) is 2.14. The molecular formula is C10H15FN2O. The molecule has 0 bridgehead atoms. The number of anilines is 2. The van der Waals surface area contributed by atoms with E-state index in [0.717, 1.165) is 0 Å². The summed E-state index contributed by atoms with van der Waals surface area (Å²) in [6.07, 6.45) is 0. The number of nitrogen functional groups attached to an aromatic ring is 1. The lowest BCUT2D eigenvalue weighted by molar-refractivity contribution is 0.206. The lowest BCUT2D eigenvalue weighted by atomic mass is 10.2. The van der Waals surface area contributed by atoms with Crippen molar-refractivity contribution >= 4 is 11.4 Å². The Morgan fingerprint density at radius 2 is 2.21 bits per heavy atom. The fourth-order valence-electron chi connectivity index (χ4n) is 1.18. The molecule has 0 radical (unpaired) electrons. The van der Waals surface area contributed by atoms with Gasteiger partial charge >= 0.3 is 0 Å². The van der Waals surface area contributed by atoms with Crippen LogP contribution in [-0.4, -0.2) is 27.3 Å². The van der Waals surface area contributed by atoms with Crippen LogP contribution in [0.1, 0.15) is 0 Å². The van der Waals surface area contributed by atoms with E-state index >= 15 is 0 Å². The first kappa shape index (κ1) is 10.8. The maximum absolute atomic E-state index is 13.4. The number of nitrogens with zero attached hydrogens (tertiary/aromatic N) is 1. The highest BCUT2D eigenvalue weighted by Gasteiger charge is 2.06. The Labute approximate surface area is 83.3 Å². The molecule has 0 fully saturated rings. The molecule has 1 rings (SSSR count). The standard InChI is InChI=1S/C10H15FN2O/c1-13(5-6-14-2)10-4-3-8(12)7-9(10)11/h3-4,7H,5-6,12H2,1-2H3. The summed E-state index contributed by atoms with van der Waals surface area (Å²) in [4.78, 5) is 1.79. The van der Waals surface area contributed by atoms with Crippen LogP contribution < -0.4 is 10.6 Å². The number of methoxy groups -OCH3 is 1. The smallest absolute Gasteiger partial charge is 0.148 e. The van der Waals surface area contributed by atoms with Crippen LogP contribution in [0, 0.1) is 5.82 Å². The van der Waals surface area contributed by atoms with Gasteiger partial charge in [-0.05, 0) is 18.2 Å². The number of ether oxygens (including phenoxy) is 1. The van der Waals surface area contributed by atoms with E-state index in [-0.39, 0.29) is 5.82 Å². The van der Waals surface area contributed by atoms with Gasteiger partial charge in [-0.15, -0.1) is 0 Å². The van der Waals surface area contributed by atoms with Gasteiger partial charge in [0.1, 0.15) is 5.82 Å². The highest BCUT2D eigenvalue weighted by Crippen LogP contribution is 2.19. The fourth-order valence-corrected chi connectivity index (χ4v) is 1.18. The molecule has 1 aromatic rings. The number of likely N-dealkylation sites (N-methyl/N-ethyl adjacent to an activating group) is 1. The van der Waals surface area contributed by atoms with E-state index in [1.54, 1.807) is 24.1 Å². The third kappa shape index (κ3) is 2.60. The molecule has 14 heavy (non-hydrogen) atoms. The molecule has 3 nitrogen and oxygen atoms in total. The van der Waals surface area contributed by atoms with Crippen LogP contribution in [-0.2, 0) is 4.74 Å². The van der Waals surface area contributed by atoms with Crippen molar-refractivity contribution in [3.8, 4) is 0 Å². The fraction of sp³-hybridized carbons (Fsp3) is 0.400. The molecule has 0 spiro atoms. The number of rotatable bonds is 4. The summed E-state index contributed by atoms with van der Waals surface area (Å²) >= 11 is 0. The lowest BCUT2D eigenvalue weighted by Gasteiger charge is -2.19. The second-order valence-electron chi connectivity index (χ2n) is 3.13. The SMILES string of the molecule is COCCN(C)c1ccc(N)cc1F. The summed E-state index contributed by atoms with van der Waals surface area (Å²) in [6.45, 7) is 1.22. The maximum Gasteiger partial charge on any atom is 0.148 e. The van der Waals surface area contributed by atoms with Crippen LogP contribution in [0.5, 0.6) is 0 Å². The van der Waals surface area contributed by atoms with Crippen molar-refractivity contribution in [3.05, 3.63) is 24.0 Å². The zero-order chi connectivity index (χ0) is 10.6. The minimum atomic E-state index is -0.302. The molecule has 0 saturated carbocycles. The molecular weight excluding hydrogens is 183 g/mol. The Hall–Kier alpha value is -1.29. The zero-order valence-corrected chi connectivity index (χ0v) is 8.46. The van der Waals surface area contributed by atoms with Gasteiger partial charge in [0.15, 0.2) is 0 Å². The third-order valence-corrected chi connectivity index (χ3v) is 2.01. The van der Waals surface area contributed by atoms with Crippen molar-refractivity contribution in [2.75, 3.05) is 37.9 Å². The predicted octanol–water partition coefficient (Wildman–Crippen LogP) is 1.49. The topological polar surface area (TPSA) is 38.5 Å². The van der Waals surface area contributed by atoms with E-state index < -0.39 is 0 Å². The highest BCUT2D eigenvalue weighted by molar-refractivity contribution is 5.53. The van der Waals surface area contributed by atoms with Gasteiger partial charge in [0.05, 0.1) is 12.3 Å². The van der Waals surface area contributed by atoms with Crippen molar-refractivity contribution in [3.63, 3.8) is 0 Å². The summed E-state index contributed by atoms with van der Waals surface area (Å²) in [5.41, 5.74) is 6.42. The second kappa shape index (κ2) is 4.81. The molecule has 2 N–H and O–H groups in total. The van der Waals surface area contributed by atoms with E-state index in [1.807, 2.05) is 7.05 Å². The molecule has 0 amide bonds. The predicted molar refractivity (Wildman–Crippen MR) is 56.0 cm³/mol. The van der Waals surface area contributed by atoms with Crippen LogP contribution in [0.3, 0.4) is 0 Å². The summed E-state index contributed by atoms with van der Waals surface area (Å²) in [5, 5.41) is 0. The molecule has 0 atom stereocenters. The number of nitrogens with two attached hydrogens (primary N) is 1. The van der Waals surface area contributed by atoms with E-state index in [1.165, 1.54) is 6.07 Å². The van der Waals surface area contributed by atoms with Gasteiger partial charge in [0.25, 0.3) is 0 Å². The largest absolute Gasteiger partial charge is 0.399 e. The maximum atomic E-state index is 13.4. The lowest BCUT2D eigenvalue weighted by Crippen LogP contribution is -2.23. The van der Waals surface area contributed by atoms with Crippen LogP contribution >= 0.6 is 0 Å². The summed E-state index contributed by atoms with van der Waals surface area (Å²) in [5.74, 6) is -0.302. The summed E-state index contributed by atoms with van der Waals surface area (Å²) in [7, 11) is 3.43. The molecule has 78 valence electrons. The first-order valence-corrected chi connectivity index (χ1v) is 4.40. The summed E-state index contributed by atoms with van der Waals surface area (Å²) in [6, 6.07) is 4.67. The molecule has 0 aliphatic rings. The van der Waals surface area contributed by atoms with Gasteiger partial charge in [-0.3, -0.25) is 0 Å². The normalized spacial score (nSPS) is 10.2. The zero-order valence-electron chi connectivity index (χ0n) is 8.46. The average molecular weight is 198 g/mol. The molecule has 0 aliphatic heterocycles. The molecule has 1 aromatic carbocycles. The van der Waals surface area contributed by atoms with Gasteiger partial charge in [0, 0.05) is 26.4 Å². The Morgan fingerprint density at radius 1 is 1.50 bits per heavy atom. The molecule has 0 saturated heterocycles. The molecule has 0 heterocycles. The van der Waals surface area contributed by atoms with Gasteiger partial charge in [-0.25, -0.2) is 4.39 Å². The van der Waals surface area contributed by atoms with Crippen molar-refractivity contribution < 1.29 is 9.13 Å². The molecule has 4 heteroatoms. The Kier molecular flexibility index (Phi) is 3.71. The van der Waals surface area contributed by atoms with E-state index in [4.69, 9.17) is 10.5 Å². The minimum Gasteiger partial charge on any atom is -0.399 e. The summed E-state index contributed by atoms with van der Waals surface area (Å²) < 4.78 is 18.3. The van der Waals surface area contributed by atoms with E-state index in [0.29, 0.717) is 24.5 Å². The number of halogens is 1. The Balaban J connectivity index is 2.74. The third-order valence-electron chi connectivity index (χ3n) is 2.01. The van der Waals surface area contributed by atoms with Crippen molar-refractivity contribution in [2.24, 2.45) is 0 Å². The van der Waals surface area contributed by atoms with Crippen molar-refractivity contribution in [2.45, 2.75) is 0 Å². The molecule has 0 aliphatic carbocycles. The first-order valence-electron chi connectivity index (χ1n) is 4.40. The number of hydrogen-bond acceptors (Lipinski definition) is 3. The number of benzene rings is 1. The first-order chi connectivity index (χ1) is 6.65. The number of hydrogen-bond donors (Lipinski definition) is 1. The van der Waals surface area contributed by atoms with Gasteiger partial charge in [-0.2, -0.15) is 0 Å². The van der Waals surface area contributed by atoms with E-state index in [9.17, 15) is 4.39 Å². The Morgan fingerprint density at radius 3 is 2.79 bits per heavy atom.